The summed E-state index contributed by atoms with van der Waals surface area (Å²) in [5.74, 6) is 1.05. The molecule has 1 saturated heterocycles. The van der Waals surface area contributed by atoms with Crippen LogP contribution in [0.3, 0.4) is 0 Å². The van der Waals surface area contributed by atoms with Gasteiger partial charge in [-0.2, -0.15) is 0 Å². The molecule has 0 unspecified atom stereocenters. The molecule has 1 aromatic heterocycles. The van der Waals surface area contributed by atoms with E-state index in [4.69, 9.17) is 9.47 Å². The lowest BCUT2D eigenvalue weighted by molar-refractivity contribution is -0.0949. The van der Waals surface area contributed by atoms with E-state index in [2.05, 4.69) is 14.9 Å². The van der Waals surface area contributed by atoms with E-state index in [0.29, 0.717) is 12.1 Å². The first-order valence-corrected chi connectivity index (χ1v) is 7.49. The molecule has 0 aromatic carbocycles. The summed E-state index contributed by atoms with van der Waals surface area (Å²) in [5.41, 5.74) is 1.15. The lowest BCUT2D eigenvalue weighted by atomic mass is 9.79. The highest BCUT2D eigenvalue weighted by atomic mass is 16.5. The summed E-state index contributed by atoms with van der Waals surface area (Å²) in [4.78, 5) is 10.3. The summed E-state index contributed by atoms with van der Waals surface area (Å²) in [6, 6.07) is 0.441. The Morgan fingerprint density at radius 2 is 2.30 bits per heavy atom. The summed E-state index contributed by atoms with van der Waals surface area (Å²) < 4.78 is 11.5. The van der Waals surface area contributed by atoms with Gasteiger partial charge in [-0.1, -0.05) is 0 Å². The van der Waals surface area contributed by atoms with Crippen LogP contribution < -0.4 is 0 Å². The molecule has 20 heavy (non-hydrogen) atoms. The maximum absolute atomic E-state index is 5.94. The molecule has 5 heteroatoms. The molecule has 0 bridgehead atoms. The predicted molar refractivity (Wildman–Crippen MR) is 76.5 cm³/mol. The normalized spacial score (nSPS) is 34.4. The number of rotatable bonds is 4. The molecule has 2 heterocycles. The van der Waals surface area contributed by atoms with Gasteiger partial charge in [-0.05, 0) is 32.6 Å². The van der Waals surface area contributed by atoms with Crippen LogP contribution in [0.15, 0.2) is 6.20 Å². The third kappa shape index (κ3) is 2.38. The van der Waals surface area contributed by atoms with E-state index in [0.717, 1.165) is 50.3 Å². The molecule has 0 radical (unpaired) electrons. The van der Waals surface area contributed by atoms with Crippen molar-refractivity contribution in [1.82, 2.24) is 14.9 Å². The largest absolute Gasteiger partial charge is 0.381 e. The molecule has 3 atom stereocenters. The van der Waals surface area contributed by atoms with Crippen LogP contribution in [0.5, 0.6) is 0 Å². The molecular formula is C15H25N3O2. The monoisotopic (exact) mass is 279 g/mol. The molecule has 5 nitrogen and oxygen atoms in total. The highest BCUT2D eigenvalue weighted by Crippen LogP contribution is 2.43. The second-order valence-corrected chi connectivity index (χ2v) is 6.15. The molecular weight excluding hydrogens is 254 g/mol. The van der Waals surface area contributed by atoms with Gasteiger partial charge in [0.2, 0.25) is 0 Å². The lowest BCUT2D eigenvalue weighted by Crippen LogP contribution is -2.51. The SMILES string of the molecule is CO[C@@H]1CC[C@@]2(OC)CCN(Cc3ncc(C)[nH]3)[C@H]2C1. The first kappa shape index (κ1) is 14.0. The van der Waals surface area contributed by atoms with Gasteiger partial charge >= 0.3 is 0 Å². The molecule has 0 spiro atoms. The average molecular weight is 279 g/mol. The molecule has 1 aromatic rings. The fourth-order valence-electron chi connectivity index (χ4n) is 3.90. The van der Waals surface area contributed by atoms with Crippen molar-refractivity contribution < 1.29 is 9.47 Å². The number of nitrogens with zero attached hydrogens (tertiary/aromatic N) is 2. The van der Waals surface area contributed by atoms with Crippen LogP contribution in [0.2, 0.25) is 0 Å². The molecule has 2 aliphatic rings. The number of likely N-dealkylation sites (tertiary alicyclic amines) is 1. The van der Waals surface area contributed by atoms with Crippen LogP contribution in [0, 0.1) is 6.92 Å². The van der Waals surface area contributed by atoms with Crippen LogP contribution in [-0.4, -0.2) is 53.4 Å². The maximum Gasteiger partial charge on any atom is 0.120 e. The number of hydrogen-bond donors (Lipinski definition) is 1. The second-order valence-electron chi connectivity index (χ2n) is 6.15. The fourth-order valence-corrected chi connectivity index (χ4v) is 3.90. The van der Waals surface area contributed by atoms with Crippen molar-refractivity contribution in [2.45, 2.75) is 56.9 Å². The first-order chi connectivity index (χ1) is 9.66. The van der Waals surface area contributed by atoms with Crippen molar-refractivity contribution in [2.24, 2.45) is 0 Å². The van der Waals surface area contributed by atoms with Gasteiger partial charge in [0.05, 0.1) is 18.2 Å². The minimum atomic E-state index is 0.0245. The van der Waals surface area contributed by atoms with E-state index in [9.17, 15) is 0 Å². The Morgan fingerprint density at radius 3 is 2.95 bits per heavy atom. The number of aromatic amines is 1. The van der Waals surface area contributed by atoms with E-state index in [1.54, 1.807) is 0 Å². The molecule has 2 fully saturated rings. The molecule has 1 aliphatic heterocycles. The van der Waals surface area contributed by atoms with E-state index < -0.39 is 0 Å². The number of methoxy groups -OCH3 is 2. The van der Waals surface area contributed by atoms with E-state index in [-0.39, 0.29) is 5.60 Å². The summed E-state index contributed by atoms with van der Waals surface area (Å²) in [6.07, 6.45) is 6.64. The minimum Gasteiger partial charge on any atom is -0.381 e. The van der Waals surface area contributed by atoms with Crippen molar-refractivity contribution in [3.05, 3.63) is 17.7 Å². The molecule has 1 saturated carbocycles. The topological polar surface area (TPSA) is 50.4 Å². The number of imidazole rings is 1. The van der Waals surface area contributed by atoms with Crippen LogP contribution in [-0.2, 0) is 16.0 Å². The third-order valence-electron chi connectivity index (χ3n) is 5.09. The smallest absolute Gasteiger partial charge is 0.120 e. The van der Waals surface area contributed by atoms with Gasteiger partial charge < -0.3 is 14.5 Å². The van der Waals surface area contributed by atoms with Gasteiger partial charge in [-0.3, -0.25) is 4.90 Å². The lowest BCUT2D eigenvalue weighted by Gasteiger charge is -2.43. The zero-order chi connectivity index (χ0) is 14.2. The molecule has 1 aliphatic carbocycles. The van der Waals surface area contributed by atoms with Crippen molar-refractivity contribution in [1.29, 1.82) is 0 Å². The highest BCUT2D eigenvalue weighted by Gasteiger charge is 2.51. The minimum absolute atomic E-state index is 0.0245. The number of H-pyrrole nitrogens is 1. The van der Waals surface area contributed by atoms with E-state index in [1.165, 1.54) is 0 Å². The zero-order valence-electron chi connectivity index (χ0n) is 12.7. The average Bonchev–Trinajstić information content (AvgIpc) is 3.04. The zero-order valence-corrected chi connectivity index (χ0v) is 12.7. The van der Waals surface area contributed by atoms with Crippen molar-refractivity contribution >= 4 is 0 Å². The van der Waals surface area contributed by atoms with Gasteiger partial charge in [-0.15, -0.1) is 0 Å². The van der Waals surface area contributed by atoms with Crippen LogP contribution >= 0.6 is 0 Å². The Bertz CT molecular complexity index is 462. The third-order valence-corrected chi connectivity index (χ3v) is 5.09. The van der Waals surface area contributed by atoms with Gasteiger partial charge in [-0.25, -0.2) is 4.98 Å². The quantitative estimate of drug-likeness (QED) is 0.914. The summed E-state index contributed by atoms with van der Waals surface area (Å²) >= 11 is 0. The molecule has 112 valence electrons. The summed E-state index contributed by atoms with van der Waals surface area (Å²) in [6.45, 7) is 4.00. The Hall–Kier alpha value is -0.910. The first-order valence-electron chi connectivity index (χ1n) is 7.49. The summed E-state index contributed by atoms with van der Waals surface area (Å²) in [5, 5.41) is 0. The Kier molecular flexibility index (Phi) is 3.84. The van der Waals surface area contributed by atoms with Gasteiger partial charge in [0.25, 0.3) is 0 Å². The van der Waals surface area contributed by atoms with Crippen LogP contribution in [0.1, 0.15) is 37.2 Å². The second kappa shape index (κ2) is 5.47. The van der Waals surface area contributed by atoms with Crippen LogP contribution in [0.4, 0.5) is 0 Å². The van der Waals surface area contributed by atoms with Crippen molar-refractivity contribution in [2.75, 3.05) is 20.8 Å². The standard InChI is InChI=1S/C15H25N3O2/c1-11-9-16-14(17-11)10-18-7-6-15(20-3)5-4-12(19-2)8-13(15)18/h9,12-13H,4-8,10H2,1-3H3,(H,16,17)/t12-,13+,15-/m1/s1. The molecule has 0 amide bonds. The number of aromatic nitrogens is 2. The number of hydrogen-bond acceptors (Lipinski definition) is 4. The molecule has 1 N–H and O–H groups in total. The maximum atomic E-state index is 5.94. The number of fused-ring (bicyclic) bond motifs is 1. The van der Waals surface area contributed by atoms with Gasteiger partial charge in [0, 0.05) is 38.7 Å². The Labute approximate surface area is 120 Å². The summed E-state index contributed by atoms with van der Waals surface area (Å²) in [7, 11) is 3.68. The number of ether oxygens (including phenoxy) is 2. The fraction of sp³-hybridized carbons (Fsp3) is 0.800. The van der Waals surface area contributed by atoms with E-state index >= 15 is 0 Å². The Morgan fingerprint density at radius 1 is 1.45 bits per heavy atom. The van der Waals surface area contributed by atoms with Crippen molar-refractivity contribution in [3.63, 3.8) is 0 Å². The Balaban J connectivity index is 1.75. The molecule has 3 rings (SSSR count). The van der Waals surface area contributed by atoms with E-state index in [1.807, 2.05) is 27.3 Å². The van der Waals surface area contributed by atoms with Gasteiger partial charge in [0.1, 0.15) is 5.82 Å². The van der Waals surface area contributed by atoms with Crippen LogP contribution in [0.25, 0.3) is 0 Å². The van der Waals surface area contributed by atoms with Crippen molar-refractivity contribution in [3.8, 4) is 0 Å². The van der Waals surface area contributed by atoms with Gasteiger partial charge in [0.15, 0.2) is 0 Å². The number of nitrogens with one attached hydrogen (secondary N) is 1. The number of aryl methyl sites for hydroxylation is 1. The highest BCUT2D eigenvalue weighted by molar-refractivity contribution is 5.07. The predicted octanol–water partition coefficient (Wildman–Crippen LogP) is 1.88.